The van der Waals surface area contributed by atoms with Crippen LogP contribution in [0.3, 0.4) is 0 Å². The Morgan fingerprint density at radius 3 is 1.79 bits per heavy atom. The third-order valence-corrected chi connectivity index (χ3v) is 3.84. The number of aliphatic hydroxyl groups excluding tert-OH is 1. The van der Waals surface area contributed by atoms with Crippen molar-refractivity contribution in [2.75, 3.05) is 0 Å². The molecule has 0 radical (unpaired) electrons. The first-order chi connectivity index (χ1) is 9.31. The minimum absolute atomic E-state index is 0.0463. The number of aliphatic hydroxyl groups is 1. The van der Waals surface area contributed by atoms with Gasteiger partial charge >= 0.3 is 0 Å². The molecule has 1 nitrogen and oxygen atoms in total. The summed E-state index contributed by atoms with van der Waals surface area (Å²) in [6, 6.07) is 0. The van der Waals surface area contributed by atoms with Crippen LogP contribution in [0.4, 0.5) is 0 Å². The summed E-state index contributed by atoms with van der Waals surface area (Å²) in [6.07, 6.45) is 19.5. The largest absolute Gasteiger partial charge is 0.393 e. The van der Waals surface area contributed by atoms with E-state index in [2.05, 4.69) is 13.5 Å². The fourth-order valence-electron chi connectivity index (χ4n) is 2.50. The van der Waals surface area contributed by atoms with E-state index in [1.807, 2.05) is 6.08 Å². The highest BCUT2D eigenvalue weighted by Gasteiger charge is 2.03. The molecule has 0 fully saturated rings. The third kappa shape index (κ3) is 15.6. The summed E-state index contributed by atoms with van der Waals surface area (Å²) in [5.41, 5.74) is 0. The summed E-state index contributed by atoms with van der Waals surface area (Å²) in [5.74, 6) is 0. The molecule has 19 heavy (non-hydrogen) atoms. The molecule has 1 N–H and O–H groups in total. The summed E-state index contributed by atoms with van der Waals surface area (Å²) in [7, 11) is 0. The molecular weight excluding hydrogens is 232 g/mol. The molecule has 0 aliphatic carbocycles. The fourth-order valence-corrected chi connectivity index (χ4v) is 2.50. The lowest BCUT2D eigenvalue weighted by Crippen LogP contribution is -2.05. The average Bonchev–Trinajstić information content (AvgIpc) is 2.41. The van der Waals surface area contributed by atoms with Crippen LogP contribution in [0.15, 0.2) is 12.7 Å². The molecule has 1 heteroatoms. The second kappa shape index (κ2) is 15.8. The van der Waals surface area contributed by atoms with Gasteiger partial charge in [0.25, 0.3) is 0 Å². The van der Waals surface area contributed by atoms with Crippen molar-refractivity contribution in [1.29, 1.82) is 0 Å². The molecule has 0 bridgehead atoms. The normalized spacial score (nSPS) is 12.5. The second-order valence-electron chi connectivity index (χ2n) is 5.84. The van der Waals surface area contributed by atoms with E-state index in [1.165, 1.54) is 70.6 Å². The minimum Gasteiger partial charge on any atom is -0.393 e. The smallest absolute Gasteiger partial charge is 0.0540 e. The van der Waals surface area contributed by atoms with Crippen molar-refractivity contribution >= 4 is 0 Å². The quantitative estimate of drug-likeness (QED) is 0.284. The molecule has 0 aromatic heterocycles. The Morgan fingerprint density at radius 1 is 0.789 bits per heavy atom. The predicted molar refractivity (Wildman–Crippen MR) is 86.5 cm³/mol. The summed E-state index contributed by atoms with van der Waals surface area (Å²) >= 11 is 0. The maximum atomic E-state index is 9.88. The van der Waals surface area contributed by atoms with Crippen molar-refractivity contribution in [3.05, 3.63) is 12.7 Å². The highest BCUT2D eigenvalue weighted by atomic mass is 16.3. The van der Waals surface area contributed by atoms with Crippen LogP contribution in [0, 0.1) is 0 Å². The lowest BCUT2D eigenvalue weighted by molar-refractivity contribution is 0.147. The molecule has 114 valence electrons. The Bertz CT molecular complexity index is 177. The van der Waals surface area contributed by atoms with Gasteiger partial charge in [-0.1, -0.05) is 77.2 Å². The first-order valence-corrected chi connectivity index (χ1v) is 8.60. The highest BCUT2D eigenvalue weighted by Crippen LogP contribution is 2.13. The van der Waals surface area contributed by atoms with Gasteiger partial charge in [-0.05, 0) is 25.7 Å². The van der Waals surface area contributed by atoms with E-state index in [4.69, 9.17) is 0 Å². The molecule has 1 unspecified atom stereocenters. The van der Waals surface area contributed by atoms with Crippen molar-refractivity contribution in [3.8, 4) is 0 Å². The van der Waals surface area contributed by atoms with Crippen molar-refractivity contribution < 1.29 is 5.11 Å². The van der Waals surface area contributed by atoms with E-state index < -0.39 is 0 Å². The van der Waals surface area contributed by atoms with E-state index in [1.54, 1.807) is 0 Å². The molecular formula is C18H36O. The van der Waals surface area contributed by atoms with Gasteiger partial charge in [-0.25, -0.2) is 0 Å². The van der Waals surface area contributed by atoms with Crippen molar-refractivity contribution in [2.24, 2.45) is 0 Å². The number of rotatable bonds is 15. The fraction of sp³-hybridized carbons (Fsp3) is 0.889. The van der Waals surface area contributed by atoms with E-state index in [0.29, 0.717) is 0 Å². The zero-order chi connectivity index (χ0) is 14.2. The van der Waals surface area contributed by atoms with E-state index in [0.717, 1.165) is 19.3 Å². The van der Waals surface area contributed by atoms with Crippen molar-refractivity contribution in [1.82, 2.24) is 0 Å². The van der Waals surface area contributed by atoms with Gasteiger partial charge in [0.15, 0.2) is 0 Å². The summed E-state index contributed by atoms with van der Waals surface area (Å²) < 4.78 is 0. The van der Waals surface area contributed by atoms with Crippen LogP contribution in [0.2, 0.25) is 0 Å². The topological polar surface area (TPSA) is 20.2 Å². The third-order valence-electron chi connectivity index (χ3n) is 3.84. The van der Waals surface area contributed by atoms with Crippen LogP contribution in [-0.4, -0.2) is 11.2 Å². The monoisotopic (exact) mass is 268 g/mol. The zero-order valence-electron chi connectivity index (χ0n) is 13.2. The molecule has 0 heterocycles. The van der Waals surface area contributed by atoms with Gasteiger partial charge in [-0.3, -0.25) is 0 Å². The van der Waals surface area contributed by atoms with Crippen LogP contribution >= 0.6 is 0 Å². The lowest BCUT2D eigenvalue weighted by Gasteiger charge is -2.10. The zero-order valence-corrected chi connectivity index (χ0v) is 13.2. The molecule has 0 aliphatic rings. The van der Waals surface area contributed by atoms with E-state index >= 15 is 0 Å². The predicted octanol–water partition coefficient (Wildman–Crippen LogP) is 6.01. The summed E-state index contributed by atoms with van der Waals surface area (Å²) in [5, 5.41) is 9.88. The lowest BCUT2D eigenvalue weighted by atomic mass is 10.0. The Kier molecular flexibility index (Phi) is 15.5. The molecule has 0 aliphatic heterocycles. The molecule has 0 saturated heterocycles. The van der Waals surface area contributed by atoms with Gasteiger partial charge in [0.05, 0.1) is 6.10 Å². The molecule has 0 aromatic carbocycles. The van der Waals surface area contributed by atoms with Gasteiger partial charge in [0, 0.05) is 0 Å². The van der Waals surface area contributed by atoms with Gasteiger partial charge in [0.1, 0.15) is 0 Å². The summed E-state index contributed by atoms with van der Waals surface area (Å²) in [4.78, 5) is 0. The van der Waals surface area contributed by atoms with Crippen molar-refractivity contribution in [3.63, 3.8) is 0 Å². The van der Waals surface area contributed by atoms with Gasteiger partial charge < -0.3 is 5.11 Å². The number of unbranched alkanes of at least 4 members (excludes halogenated alkanes) is 10. The molecule has 0 saturated carbocycles. The maximum absolute atomic E-state index is 9.88. The van der Waals surface area contributed by atoms with Crippen LogP contribution in [0.25, 0.3) is 0 Å². The maximum Gasteiger partial charge on any atom is 0.0540 e. The van der Waals surface area contributed by atoms with Crippen LogP contribution in [-0.2, 0) is 0 Å². The SMILES string of the molecule is C=CCCCCCCC(O)CCCCCCCCC. The Labute approximate surface area is 121 Å². The average molecular weight is 268 g/mol. The standard InChI is InChI=1S/C18H36O/c1-3-5-7-9-11-13-15-17-18(19)16-14-12-10-8-6-4-2/h4,18-19H,2-3,5-17H2,1H3. The Balaban J connectivity index is 3.12. The second-order valence-corrected chi connectivity index (χ2v) is 5.84. The molecule has 0 amide bonds. The van der Waals surface area contributed by atoms with E-state index in [-0.39, 0.29) is 6.10 Å². The van der Waals surface area contributed by atoms with Crippen molar-refractivity contribution in [2.45, 2.75) is 103 Å². The molecule has 1 atom stereocenters. The highest BCUT2D eigenvalue weighted by molar-refractivity contribution is 4.65. The summed E-state index contributed by atoms with van der Waals surface area (Å²) in [6.45, 7) is 5.99. The van der Waals surface area contributed by atoms with E-state index in [9.17, 15) is 5.11 Å². The van der Waals surface area contributed by atoms with Gasteiger partial charge in [0.2, 0.25) is 0 Å². The molecule has 0 rings (SSSR count). The number of hydrogen-bond donors (Lipinski definition) is 1. The van der Waals surface area contributed by atoms with Crippen LogP contribution < -0.4 is 0 Å². The van der Waals surface area contributed by atoms with Crippen LogP contribution in [0.1, 0.15) is 96.8 Å². The first kappa shape index (κ1) is 18.7. The molecule has 0 aromatic rings. The number of hydrogen-bond acceptors (Lipinski definition) is 1. The first-order valence-electron chi connectivity index (χ1n) is 8.60. The Morgan fingerprint density at radius 2 is 1.26 bits per heavy atom. The number of allylic oxidation sites excluding steroid dienone is 1. The Hall–Kier alpha value is -0.300. The molecule has 0 spiro atoms. The van der Waals surface area contributed by atoms with Gasteiger partial charge in [-0.2, -0.15) is 0 Å². The van der Waals surface area contributed by atoms with Crippen LogP contribution in [0.5, 0.6) is 0 Å². The van der Waals surface area contributed by atoms with Gasteiger partial charge in [-0.15, -0.1) is 6.58 Å². The minimum atomic E-state index is -0.0463.